The van der Waals surface area contributed by atoms with Crippen LogP contribution in [-0.4, -0.2) is 40.5 Å². The molecular formula is C10H14N2O2. The summed E-state index contributed by atoms with van der Waals surface area (Å²) < 4.78 is 0. The van der Waals surface area contributed by atoms with Gasteiger partial charge in [0.25, 0.3) is 0 Å². The first-order valence-corrected chi connectivity index (χ1v) is 4.70. The van der Waals surface area contributed by atoms with Crippen LogP contribution in [0.25, 0.3) is 0 Å². The third-order valence-corrected chi connectivity index (χ3v) is 2.59. The fourth-order valence-electron chi connectivity index (χ4n) is 1.79. The number of hydrogen-bond acceptors (Lipinski definition) is 4. The molecule has 2 unspecified atom stereocenters. The second-order valence-corrected chi connectivity index (χ2v) is 3.70. The normalized spacial score (nSPS) is 26.9. The van der Waals surface area contributed by atoms with Gasteiger partial charge in [0.1, 0.15) is 0 Å². The SMILES string of the molecule is Cc1cnccc1N1CC(O)C(O)C1. The Morgan fingerprint density at radius 2 is 2.00 bits per heavy atom. The highest BCUT2D eigenvalue weighted by Gasteiger charge is 2.30. The van der Waals surface area contributed by atoms with Gasteiger partial charge < -0.3 is 15.1 Å². The van der Waals surface area contributed by atoms with E-state index in [1.807, 2.05) is 17.9 Å². The van der Waals surface area contributed by atoms with Gasteiger partial charge in [-0.3, -0.25) is 4.98 Å². The maximum Gasteiger partial charge on any atom is 0.0990 e. The van der Waals surface area contributed by atoms with Gasteiger partial charge in [-0.1, -0.05) is 0 Å². The number of aryl methyl sites for hydroxylation is 1. The molecule has 0 aromatic carbocycles. The second kappa shape index (κ2) is 3.55. The lowest BCUT2D eigenvalue weighted by molar-refractivity contribution is 0.0572. The molecule has 0 amide bonds. The number of pyridine rings is 1. The van der Waals surface area contributed by atoms with Gasteiger partial charge in [0.05, 0.1) is 12.2 Å². The predicted octanol–water partition coefficient (Wildman–Crippen LogP) is -0.0682. The van der Waals surface area contributed by atoms with Crippen LogP contribution in [0.15, 0.2) is 18.5 Å². The summed E-state index contributed by atoms with van der Waals surface area (Å²) >= 11 is 0. The van der Waals surface area contributed by atoms with Crippen molar-refractivity contribution in [3.63, 3.8) is 0 Å². The Morgan fingerprint density at radius 3 is 2.57 bits per heavy atom. The van der Waals surface area contributed by atoms with E-state index >= 15 is 0 Å². The Morgan fingerprint density at radius 1 is 1.36 bits per heavy atom. The van der Waals surface area contributed by atoms with E-state index < -0.39 is 12.2 Å². The fraction of sp³-hybridized carbons (Fsp3) is 0.500. The van der Waals surface area contributed by atoms with Gasteiger partial charge in [0.2, 0.25) is 0 Å². The quantitative estimate of drug-likeness (QED) is 0.657. The summed E-state index contributed by atoms with van der Waals surface area (Å²) in [5.41, 5.74) is 2.10. The number of hydrogen-bond donors (Lipinski definition) is 2. The summed E-state index contributed by atoms with van der Waals surface area (Å²) in [4.78, 5) is 5.98. The van der Waals surface area contributed by atoms with Crippen molar-refractivity contribution >= 4 is 5.69 Å². The summed E-state index contributed by atoms with van der Waals surface area (Å²) in [6.07, 6.45) is 2.23. The Labute approximate surface area is 82.8 Å². The van der Waals surface area contributed by atoms with Gasteiger partial charge in [0.15, 0.2) is 0 Å². The van der Waals surface area contributed by atoms with Crippen LogP contribution >= 0.6 is 0 Å². The Hall–Kier alpha value is -1.13. The number of rotatable bonds is 1. The van der Waals surface area contributed by atoms with Crippen molar-refractivity contribution in [2.75, 3.05) is 18.0 Å². The smallest absolute Gasteiger partial charge is 0.0990 e. The number of aliphatic hydroxyl groups excluding tert-OH is 2. The highest BCUT2D eigenvalue weighted by molar-refractivity contribution is 5.52. The molecule has 2 rings (SSSR count). The molecule has 2 atom stereocenters. The second-order valence-electron chi connectivity index (χ2n) is 3.70. The van der Waals surface area contributed by atoms with Gasteiger partial charge in [0, 0.05) is 31.2 Å². The maximum absolute atomic E-state index is 9.41. The van der Waals surface area contributed by atoms with Gasteiger partial charge in [-0.25, -0.2) is 0 Å². The zero-order valence-electron chi connectivity index (χ0n) is 8.09. The van der Waals surface area contributed by atoms with Crippen LogP contribution in [0.4, 0.5) is 5.69 Å². The third kappa shape index (κ3) is 1.58. The molecule has 0 radical (unpaired) electrons. The first-order chi connectivity index (χ1) is 6.68. The lowest BCUT2D eigenvalue weighted by atomic mass is 10.2. The largest absolute Gasteiger partial charge is 0.389 e. The maximum atomic E-state index is 9.41. The number of nitrogens with zero attached hydrogens (tertiary/aromatic N) is 2. The first kappa shape index (κ1) is 9.43. The minimum absolute atomic E-state index is 0.492. The van der Waals surface area contributed by atoms with Crippen molar-refractivity contribution in [2.24, 2.45) is 0 Å². The van der Waals surface area contributed by atoms with E-state index in [0.717, 1.165) is 11.3 Å². The van der Waals surface area contributed by atoms with Gasteiger partial charge in [-0.2, -0.15) is 0 Å². The van der Waals surface area contributed by atoms with Crippen molar-refractivity contribution in [1.82, 2.24) is 4.98 Å². The highest BCUT2D eigenvalue weighted by Crippen LogP contribution is 2.23. The highest BCUT2D eigenvalue weighted by atomic mass is 16.3. The van der Waals surface area contributed by atoms with Crippen molar-refractivity contribution in [2.45, 2.75) is 19.1 Å². The van der Waals surface area contributed by atoms with E-state index in [1.165, 1.54) is 0 Å². The third-order valence-electron chi connectivity index (χ3n) is 2.59. The Balaban J connectivity index is 2.21. The molecule has 0 saturated carbocycles. The van der Waals surface area contributed by atoms with Crippen LogP contribution in [0.2, 0.25) is 0 Å². The number of aliphatic hydroxyl groups is 2. The van der Waals surface area contributed by atoms with Gasteiger partial charge in [-0.15, -0.1) is 0 Å². The molecule has 1 aromatic rings. The average Bonchev–Trinajstić information content (AvgIpc) is 2.48. The molecule has 2 N–H and O–H groups in total. The minimum Gasteiger partial charge on any atom is -0.389 e. The van der Waals surface area contributed by atoms with Crippen molar-refractivity contribution < 1.29 is 10.2 Å². The molecule has 4 heteroatoms. The van der Waals surface area contributed by atoms with E-state index in [0.29, 0.717) is 13.1 Å². The minimum atomic E-state index is -0.637. The zero-order valence-corrected chi connectivity index (χ0v) is 8.09. The number of β-amino-alcohol motifs (C(OH)–C–C–N with tert-alkyl or cyclic N) is 2. The summed E-state index contributed by atoms with van der Waals surface area (Å²) in [5, 5.41) is 18.8. The predicted molar refractivity (Wildman–Crippen MR) is 53.2 cm³/mol. The summed E-state index contributed by atoms with van der Waals surface area (Å²) in [7, 11) is 0. The molecular weight excluding hydrogens is 180 g/mol. The van der Waals surface area contributed by atoms with Crippen LogP contribution in [0.5, 0.6) is 0 Å². The number of anilines is 1. The van der Waals surface area contributed by atoms with Crippen LogP contribution < -0.4 is 4.90 Å². The molecule has 0 bridgehead atoms. The van der Waals surface area contributed by atoms with E-state index in [2.05, 4.69) is 4.98 Å². The monoisotopic (exact) mass is 194 g/mol. The topological polar surface area (TPSA) is 56.6 Å². The van der Waals surface area contributed by atoms with E-state index in [-0.39, 0.29) is 0 Å². The molecule has 1 aliphatic rings. The van der Waals surface area contributed by atoms with Gasteiger partial charge in [-0.05, 0) is 18.6 Å². The molecule has 1 aromatic heterocycles. The van der Waals surface area contributed by atoms with E-state index in [9.17, 15) is 10.2 Å². The molecule has 1 saturated heterocycles. The van der Waals surface area contributed by atoms with E-state index in [4.69, 9.17) is 0 Å². The van der Waals surface area contributed by atoms with E-state index in [1.54, 1.807) is 12.4 Å². The lowest BCUT2D eigenvalue weighted by Gasteiger charge is -2.19. The standard InChI is InChI=1S/C10H14N2O2/c1-7-4-11-3-2-8(7)12-5-9(13)10(14)6-12/h2-4,9-10,13-14H,5-6H2,1H3. The molecule has 1 aliphatic heterocycles. The fourth-order valence-corrected chi connectivity index (χ4v) is 1.79. The average molecular weight is 194 g/mol. The molecule has 76 valence electrons. The Kier molecular flexibility index (Phi) is 2.39. The summed E-state index contributed by atoms with van der Waals surface area (Å²) in [6, 6.07) is 1.90. The van der Waals surface area contributed by atoms with Gasteiger partial charge >= 0.3 is 0 Å². The van der Waals surface area contributed by atoms with Crippen molar-refractivity contribution in [3.05, 3.63) is 24.0 Å². The first-order valence-electron chi connectivity index (χ1n) is 4.70. The van der Waals surface area contributed by atoms with Crippen LogP contribution in [0.1, 0.15) is 5.56 Å². The molecule has 4 nitrogen and oxygen atoms in total. The molecule has 1 fully saturated rings. The lowest BCUT2D eigenvalue weighted by Crippen LogP contribution is -2.22. The zero-order chi connectivity index (χ0) is 10.1. The van der Waals surface area contributed by atoms with Crippen molar-refractivity contribution in [1.29, 1.82) is 0 Å². The Bertz CT molecular complexity index is 320. The number of aromatic nitrogens is 1. The summed E-state index contributed by atoms with van der Waals surface area (Å²) in [6.45, 7) is 2.96. The molecule has 0 spiro atoms. The van der Waals surface area contributed by atoms with Crippen molar-refractivity contribution in [3.8, 4) is 0 Å². The molecule has 2 heterocycles. The van der Waals surface area contributed by atoms with Crippen LogP contribution in [-0.2, 0) is 0 Å². The molecule has 14 heavy (non-hydrogen) atoms. The summed E-state index contributed by atoms with van der Waals surface area (Å²) in [5.74, 6) is 0. The molecule has 0 aliphatic carbocycles. The van der Waals surface area contributed by atoms with Crippen LogP contribution in [0, 0.1) is 6.92 Å². The van der Waals surface area contributed by atoms with Crippen LogP contribution in [0.3, 0.4) is 0 Å².